The normalized spacial score (nSPS) is 34.5. The number of fused-ring (bicyclic) bond motifs is 1. The summed E-state index contributed by atoms with van der Waals surface area (Å²) in [6.07, 6.45) is -0.863. The number of alkyl halides is 3. The summed E-state index contributed by atoms with van der Waals surface area (Å²) in [5.74, 6) is -2.20. The molecule has 1 N–H and O–H groups in total. The first-order chi connectivity index (χ1) is 9.35. The maximum Gasteiger partial charge on any atom is 0.439 e. The number of rotatable bonds is 1. The fourth-order valence-electron chi connectivity index (χ4n) is 3.12. The summed E-state index contributed by atoms with van der Waals surface area (Å²) in [6.45, 7) is 0. The SMILES string of the molecule is O=C(C1CC1)N1N=C2CCCCCC2C1(O)C(F)(F)F. The van der Waals surface area contributed by atoms with Crippen LogP contribution in [-0.2, 0) is 4.79 Å². The van der Waals surface area contributed by atoms with E-state index in [2.05, 4.69) is 5.10 Å². The van der Waals surface area contributed by atoms with Crippen LogP contribution in [-0.4, -0.2) is 33.6 Å². The van der Waals surface area contributed by atoms with Crippen LogP contribution < -0.4 is 0 Å². The second-order valence-corrected chi connectivity index (χ2v) is 5.89. The minimum atomic E-state index is -4.89. The van der Waals surface area contributed by atoms with Gasteiger partial charge in [0.15, 0.2) is 0 Å². The molecule has 1 aliphatic heterocycles. The number of hydrogen-bond donors (Lipinski definition) is 1. The van der Waals surface area contributed by atoms with E-state index in [-0.39, 0.29) is 6.42 Å². The van der Waals surface area contributed by atoms with Crippen molar-refractivity contribution in [2.75, 3.05) is 0 Å². The third-order valence-corrected chi connectivity index (χ3v) is 4.42. The summed E-state index contributed by atoms with van der Waals surface area (Å²) in [5, 5.41) is 14.5. The van der Waals surface area contributed by atoms with E-state index >= 15 is 0 Å². The molecule has 0 aromatic carbocycles. The lowest BCUT2D eigenvalue weighted by Crippen LogP contribution is -2.61. The molecule has 112 valence electrons. The van der Waals surface area contributed by atoms with E-state index in [4.69, 9.17) is 0 Å². The van der Waals surface area contributed by atoms with Gasteiger partial charge in [-0.2, -0.15) is 23.3 Å². The molecule has 2 fully saturated rings. The Balaban J connectivity index is 1.99. The van der Waals surface area contributed by atoms with Gasteiger partial charge in [0.25, 0.3) is 5.72 Å². The van der Waals surface area contributed by atoms with Crippen molar-refractivity contribution in [3.05, 3.63) is 0 Å². The van der Waals surface area contributed by atoms with Crippen LogP contribution in [0.5, 0.6) is 0 Å². The summed E-state index contributed by atoms with van der Waals surface area (Å²) in [5.41, 5.74) is -2.82. The summed E-state index contributed by atoms with van der Waals surface area (Å²) in [4.78, 5) is 12.1. The van der Waals surface area contributed by atoms with Gasteiger partial charge in [0.1, 0.15) is 0 Å². The molecule has 2 atom stereocenters. The van der Waals surface area contributed by atoms with Gasteiger partial charge in [0.2, 0.25) is 5.91 Å². The van der Waals surface area contributed by atoms with E-state index in [0.29, 0.717) is 36.4 Å². The predicted molar refractivity (Wildman–Crippen MR) is 64.6 cm³/mol. The number of carbonyl (C=O) groups is 1. The molecule has 1 heterocycles. The van der Waals surface area contributed by atoms with Gasteiger partial charge in [-0.05, 0) is 32.1 Å². The van der Waals surface area contributed by atoms with Crippen LogP contribution in [0.15, 0.2) is 5.10 Å². The Labute approximate surface area is 114 Å². The largest absolute Gasteiger partial charge is 0.439 e. The van der Waals surface area contributed by atoms with Gasteiger partial charge in [0, 0.05) is 11.6 Å². The fourth-order valence-corrected chi connectivity index (χ4v) is 3.12. The van der Waals surface area contributed by atoms with Crippen molar-refractivity contribution in [2.45, 2.75) is 56.8 Å². The second-order valence-electron chi connectivity index (χ2n) is 5.89. The molecule has 3 aliphatic rings. The molecule has 20 heavy (non-hydrogen) atoms. The molecule has 0 radical (unpaired) electrons. The molecule has 2 saturated carbocycles. The molecular formula is C13H17F3N2O2. The molecule has 0 bridgehead atoms. The molecule has 0 saturated heterocycles. The van der Waals surface area contributed by atoms with Crippen molar-refractivity contribution in [3.8, 4) is 0 Å². The smallest absolute Gasteiger partial charge is 0.362 e. The predicted octanol–water partition coefficient (Wildman–Crippen LogP) is 2.43. The maximum atomic E-state index is 13.4. The zero-order valence-corrected chi connectivity index (χ0v) is 11.0. The van der Waals surface area contributed by atoms with E-state index < -0.39 is 29.6 Å². The van der Waals surface area contributed by atoms with Gasteiger partial charge in [-0.25, -0.2) is 0 Å². The van der Waals surface area contributed by atoms with Crippen LogP contribution in [0.1, 0.15) is 44.9 Å². The molecule has 2 unspecified atom stereocenters. The Hall–Kier alpha value is -1.11. The van der Waals surface area contributed by atoms with Gasteiger partial charge in [0.05, 0.1) is 5.92 Å². The van der Waals surface area contributed by atoms with Crippen LogP contribution in [0.25, 0.3) is 0 Å². The molecule has 1 amide bonds. The number of hydrazone groups is 1. The average molecular weight is 290 g/mol. The minimum Gasteiger partial charge on any atom is -0.362 e. The van der Waals surface area contributed by atoms with Crippen molar-refractivity contribution < 1.29 is 23.1 Å². The molecule has 4 nitrogen and oxygen atoms in total. The standard InChI is InChI=1S/C13H17F3N2O2/c14-13(15,16)12(20)9-4-2-1-3-5-10(9)17-18(12)11(19)8-6-7-8/h8-9,20H,1-7H2. The first-order valence-electron chi connectivity index (χ1n) is 7.06. The lowest BCUT2D eigenvalue weighted by atomic mass is 9.87. The van der Waals surface area contributed by atoms with Crippen molar-refractivity contribution in [2.24, 2.45) is 16.9 Å². The monoisotopic (exact) mass is 290 g/mol. The molecular weight excluding hydrogens is 273 g/mol. The highest BCUT2D eigenvalue weighted by atomic mass is 19.4. The molecule has 0 aromatic rings. The van der Waals surface area contributed by atoms with Gasteiger partial charge in [-0.15, -0.1) is 0 Å². The number of aliphatic hydroxyl groups is 1. The number of carbonyl (C=O) groups excluding carboxylic acids is 1. The second kappa shape index (κ2) is 4.44. The quantitative estimate of drug-likeness (QED) is 0.806. The number of nitrogens with zero attached hydrogens (tertiary/aromatic N) is 2. The van der Waals surface area contributed by atoms with Crippen LogP contribution in [0, 0.1) is 11.8 Å². The first-order valence-corrected chi connectivity index (χ1v) is 7.06. The lowest BCUT2D eigenvalue weighted by molar-refractivity contribution is -0.317. The maximum absolute atomic E-state index is 13.4. The first kappa shape index (κ1) is 13.9. The third-order valence-electron chi connectivity index (χ3n) is 4.42. The van der Waals surface area contributed by atoms with Crippen LogP contribution in [0.2, 0.25) is 0 Å². The van der Waals surface area contributed by atoms with E-state index in [0.717, 1.165) is 12.8 Å². The zero-order valence-electron chi connectivity index (χ0n) is 11.0. The Kier molecular flexibility index (Phi) is 3.08. The number of halogens is 3. The number of hydrogen-bond acceptors (Lipinski definition) is 3. The Morgan fingerprint density at radius 2 is 1.95 bits per heavy atom. The zero-order chi connectivity index (χ0) is 14.5. The Morgan fingerprint density at radius 3 is 2.55 bits per heavy atom. The van der Waals surface area contributed by atoms with E-state index in [1.54, 1.807) is 0 Å². The van der Waals surface area contributed by atoms with Gasteiger partial charge >= 0.3 is 6.18 Å². The lowest BCUT2D eigenvalue weighted by Gasteiger charge is -2.37. The van der Waals surface area contributed by atoms with Crippen LogP contribution >= 0.6 is 0 Å². The Bertz CT molecular complexity index is 459. The third kappa shape index (κ3) is 1.94. The fraction of sp³-hybridized carbons (Fsp3) is 0.846. The minimum absolute atomic E-state index is 0.225. The number of amides is 1. The average Bonchev–Trinajstić information content (AvgIpc) is 3.17. The van der Waals surface area contributed by atoms with Gasteiger partial charge in [-0.1, -0.05) is 12.8 Å². The summed E-state index contributed by atoms with van der Waals surface area (Å²) in [6, 6.07) is 0. The molecule has 0 aromatic heterocycles. The van der Waals surface area contributed by atoms with Crippen LogP contribution in [0.4, 0.5) is 13.2 Å². The summed E-state index contributed by atoms with van der Waals surface area (Å²) < 4.78 is 40.3. The van der Waals surface area contributed by atoms with E-state index in [1.165, 1.54) is 0 Å². The van der Waals surface area contributed by atoms with Crippen molar-refractivity contribution in [3.63, 3.8) is 0 Å². The Morgan fingerprint density at radius 1 is 1.25 bits per heavy atom. The highest BCUT2D eigenvalue weighted by Gasteiger charge is 2.68. The summed E-state index contributed by atoms with van der Waals surface area (Å²) in [7, 11) is 0. The van der Waals surface area contributed by atoms with E-state index in [9.17, 15) is 23.1 Å². The van der Waals surface area contributed by atoms with Crippen molar-refractivity contribution in [1.29, 1.82) is 0 Å². The summed E-state index contributed by atoms with van der Waals surface area (Å²) >= 11 is 0. The molecule has 2 aliphatic carbocycles. The molecule has 3 rings (SSSR count). The highest BCUT2D eigenvalue weighted by Crippen LogP contribution is 2.49. The van der Waals surface area contributed by atoms with Crippen molar-refractivity contribution >= 4 is 11.6 Å². The highest BCUT2D eigenvalue weighted by molar-refractivity contribution is 5.93. The molecule has 0 spiro atoms. The van der Waals surface area contributed by atoms with Crippen LogP contribution in [0.3, 0.4) is 0 Å². The van der Waals surface area contributed by atoms with Gasteiger partial charge < -0.3 is 5.11 Å². The van der Waals surface area contributed by atoms with E-state index in [1.807, 2.05) is 0 Å². The topological polar surface area (TPSA) is 52.9 Å². The molecule has 7 heteroatoms. The van der Waals surface area contributed by atoms with Gasteiger partial charge in [-0.3, -0.25) is 4.79 Å². The van der Waals surface area contributed by atoms with Crippen molar-refractivity contribution in [1.82, 2.24) is 5.01 Å².